The molecule has 0 aliphatic heterocycles. The van der Waals surface area contributed by atoms with Crippen molar-refractivity contribution in [2.75, 3.05) is 40.3 Å². The molecule has 0 amide bonds. The first-order valence-corrected chi connectivity index (χ1v) is 12.9. The Morgan fingerprint density at radius 3 is 1.43 bits per heavy atom. The first kappa shape index (κ1) is 22.4. The quantitative estimate of drug-likeness (QED) is 0.213. The van der Waals surface area contributed by atoms with E-state index in [0.29, 0.717) is 0 Å². The fourth-order valence-electron chi connectivity index (χ4n) is 1.95. The second-order valence-electron chi connectivity index (χ2n) is 5.39. The molecular weight excluding hydrogens is 332 g/mol. The molecule has 128 valence electrons. The van der Waals surface area contributed by atoms with E-state index in [9.17, 15) is 0 Å². The zero-order chi connectivity index (χ0) is 15.4. The highest BCUT2D eigenvalue weighted by molar-refractivity contribution is 8.00. The van der Waals surface area contributed by atoms with Crippen LogP contribution in [0.4, 0.5) is 0 Å². The molecule has 0 radical (unpaired) electrons. The third-order valence-electron chi connectivity index (χ3n) is 3.24. The molecule has 0 fully saturated rings. The molecule has 0 aromatic carbocycles. The maximum Gasteiger partial charge on any atom is -0.00597 e. The smallest absolute Gasteiger partial charge is 0.00597 e. The van der Waals surface area contributed by atoms with E-state index in [1.807, 2.05) is 0 Å². The summed E-state index contributed by atoms with van der Waals surface area (Å²) in [5.41, 5.74) is 0. The van der Waals surface area contributed by atoms with E-state index in [2.05, 4.69) is 54.8 Å². The maximum absolute atomic E-state index is 4.23. The van der Waals surface area contributed by atoms with E-state index >= 15 is 0 Å². The maximum atomic E-state index is 4.23. The molecule has 0 unspecified atom stereocenters. The highest BCUT2D eigenvalue weighted by atomic mass is 32.2. The first-order chi connectivity index (χ1) is 10.4. The van der Waals surface area contributed by atoms with Crippen LogP contribution in [-0.2, 0) is 0 Å². The van der Waals surface area contributed by atoms with E-state index < -0.39 is 0 Å². The van der Waals surface area contributed by atoms with Crippen molar-refractivity contribution in [2.24, 2.45) is 0 Å². The van der Waals surface area contributed by atoms with Gasteiger partial charge in [-0.1, -0.05) is 32.6 Å². The van der Waals surface area contributed by atoms with Crippen LogP contribution >= 0.6 is 47.9 Å². The van der Waals surface area contributed by atoms with Crippen LogP contribution < -0.4 is 0 Å². The molecule has 4 heteroatoms. The molecule has 0 saturated carbocycles. The lowest BCUT2D eigenvalue weighted by Crippen LogP contribution is -1.90. The molecule has 0 bridgehead atoms. The van der Waals surface area contributed by atoms with Crippen molar-refractivity contribution < 1.29 is 0 Å². The fourth-order valence-corrected chi connectivity index (χ4v) is 5.39. The van der Waals surface area contributed by atoms with Gasteiger partial charge in [-0.05, 0) is 72.4 Å². The molecule has 0 heterocycles. The monoisotopic (exact) mass is 368 g/mol. The van der Waals surface area contributed by atoms with E-state index in [-0.39, 0.29) is 0 Å². The Labute approximate surface area is 152 Å². The third-order valence-corrected chi connectivity index (χ3v) is 7.02. The van der Waals surface area contributed by atoms with Gasteiger partial charge in [0.05, 0.1) is 0 Å². The number of unbranched alkanes of at least 4 members (excludes halogenated alkanes) is 5. The second-order valence-corrected chi connectivity index (χ2v) is 9.51. The summed E-state index contributed by atoms with van der Waals surface area (Å²) >= 11 is 10.7. The fraction of sp³-hybridized carbons (Fsp3) is 1.00. The van der Waals surface area contributed by atoms with Crippen LogP contribution in [-0.4, -0.2) is 40.3 Å². The van der Waals surface area contributed by atoms with Crippen LogP contribution in [0.5, 0.6) is 0 Å². The largest absolute Gasteiger partial charge is 0.179 e. The van der Waals surface area contributed by atoms with Crippen molar-refractivity contribution in [1.29, 1.82) is 0 Å². The van der Waals surface area contributed by atoms with Crippen molar-refractivity contribution in [3.63, 3.8) is 0 Å². The van der Waals surface area contributed by atoms with Gasteiger partial charge in [-0.15, -0.1) is 0 Å². The summed E-state index contributed by atoms with van der Waals surface area (Å²) in [7, 11) is 0. The molecule has 0 spiro atoms. The highest BCUT2D eigenvalue weighted by Gasteiger charge is 1.94. The first-order valence-electron chi connectivity index (χ1n) is 8.76. The normalized spacial score (nSPS) is 11.1. The average Bonchev–Trinajstić information content (AvgIpc) is 2.50. The molecule has 0 saturated heterocycles. The molecule has 0 rings (SSSR count). The summed E-state index contributed by atoms with van der Waals surface area (Å²) in [4.78, 5) is 0. The summed E-state index contributed by atoms with van der Waals surface area (Å²) in [6.45, 7) is 2.28. The average molecular weight is 369 g/mol. The van der Waals surface area contributed by atoms with Crippen LogP contribution in [0.2, 0.25) is 0 Å². The topological polar surface area (TPSA) is 0 Å². The van der Waals surface area contributed by atoms with Crippen LogP contribution in [0.1, 0.15) is 64.7 Å². The summed E-state index contributed by atoms with van der Waals surface area (Å²) in [6.07, 6.45) is 12.6. The Balaban J connectivity index is 2.90. The molecule has 0 nitrogen and oxygen atoms in total. The molecule has 0 aromatic rings. The van der Waals surface area contributed by atoms with Gasteiger partial charge in [0.25, 0.3) is 0 Å². The SMILES string of the molecule is CCCCCSCCCSCCCCCCSCCCS. The third kappa shape index (κ3) is 21.4. The number of rotatable bonds is 18. The Bertz CT molecular complexity index is 158. The number of thiol groups is 1. The Morgan fingerprint density at radius 1 is 0.524 bits per heavy atom. The summed E-state index contributed by atoms with van der Waals surface area (Å²) in [6, 6.07) is 0. The van der Waals surface area contributed by atoms with Gasteiger partial charge in [-0.25, -0.2) is 0 Å². The van der Waals surface area contributed by atoms with Gasteiger partial charge in [0, 0.05) is 0 Å². The molecule has 0 aliphatic rings. The number of hydrogen-bond acceptors (Lipinski definition) is 4. The van der Waals surface area contributed by atoms with E-state index in [0.717, 1.165) is 5.75 Å². The summed E-state index contributed by atoms with van der Waals surface area (Å²) in [5, 5.41) is 0. The number of hydrogen-bond donors (Lipinski definition) is 1. The van der Waals surface area contributed by atoms with Gasteiger partial charge >= 0.3 is 0 Å². The minimum absolute atomic E-state index is 1.04. The van der Waals surface area contributed by atoms with Gasteiger partial charge in [0.15, 0.2) is 0 Å². The summed E-state index contributed by atoms with van der Waals surface area (Å²) < 4.78 is 0. The van der Waals surface area contributed by atoms with Crippen LogP contribution in [0, 0.1) is 0 Å². The summed E-state index contributed by atoms with van der Waals surface area (Å²) in [5.74, 6) is 9.21. The van der Waals surface area contributed by atoms with Crippen LogP contribution in [0.3, 0.4) is 0 Å². The van der Waals surface area contributed by atoms with Crippen molar-refractivity contribution >= 4 is 47.9 Å². The lowest BCUT2D eigenvalue weighted by Gasteiger charge is -2.03. The Kier molecular flexibility index (Phi) is 22.8. The predicted octanol–water partition coefficient (Wildman–Crippen LogP) is 6.65. The van der Waals surface area contributed by atoms with Gasteiger partial charge in [0.1, 0.15) is 0 Å². The van der Waals surface area contributed by atoms with E-state index in [4.69, 9.17) is 0 Å². The van der Waals surface area contributed by atoms with E-state index in [1.54, 1.807) is 0 Å². The van der Waals surface area contributed by atoms with Crippen molar-refractivity contribution in [1.82, 2.24) is 0 Å². The highest BCUT2D eigenvalue weighted by Crippen LogP contribution is 2.14. The number of thioether (sulfide) groups is 3. The standard InChI is InChI=1S/C17H36S4/c1-2-3-6-12-20-16-10-17-21-14-8-5-4-7-13-19-15-9-11-18/h18H,2-17H2,1H3. The van der Waals surface area contributed by atoms with Gasteiger partial charge in [-0.3, -0.25) is 0 Å². The molecule has 21 heavy (non-hydrogen) atoms. The minimum Gasteiger partial charge on any atom is -0.179 e. The minimum atomic E-state index is 1.04. The molecule has 0 aliphatic carbocycles. The molecule has 0 atom stereocenters. The molecule has 0 N–H and O–H groups in total. The zero-order valence-corrected chi connectivity index (χ0v) is 17.3. The van der Waals surface area contributed by atoms with Crippen molar-refractivity contribution in [3.05, 3.63) is 0 Å². The van der Waals surface area contributed by atoms with Crippen molar-refractivity contribution in [3.8, 4) is 0 Å². The Morgan fingerprint density at radius 2 is 0.952 bits per heavy atom. The predicted molar refractivity (Wildman–Crippen MR) is 113 cm³/mol. The second kappa shape index (κ2) is 21.4. The zero-order valence-electron chi connectivity index (χ0n) is 14.0. The van der Waals surface area contributed by atoms with E-state index in [1.165, 1.54) is 92.3 Å². The lowest BCUT2D eigenvalue weighted by molar-refractivity contribution is 0.711. The molecular formula is C17H36S4. The van der Waals surface area contributed by atoms with Gasteiger partial charge in [0.2, 0.25) is 0 Å². The van der Waals surface area contributed by atoms with Crippen LogP contribution in [0.15, 0.2) is 0 Å². The van der Waals surface area contributed by atoms with Gasteiger partial charge < -0.3 is 0 Å². The Hall–Kier alpha value is 1.40. The lowest BCUT2D eigenvalue weighted by atomic mass is 10.2. The van der Waals surface area contributed by atoms with Crippen LogP contribution in [0.25, 0.3) is 0 Å². The van der Waals surface area contributed by atoms with Gasteiger partial charge in [-0.2, -0.15) is 47.9 Å². The molecule has 0 aromatic heterocycles. The van der Waals surface area contributed by atoms with Crippen molar-refractivity contribution in [2.45, 2.75) is 64.7 Å².